The van der Waals surface area contributed by atoms with Gasteiger partial charge in [0.1, 0.15) is 0 Å². The van der Waals surface area contributed by atoms with Gasteiger partial charge in [-0.3, -0.25) is 0 Å². The highest BCUT2D eigenvalue weighted by Gasteiger charge is 2.19. The van der Waals surface area contributed by atoms with Gasteiger partial charge in [-0.05, 0) is 12.8 Å². The van der Waals surface area contributed by atoms with Gasteiger partial charge >= 0.3 is 0 Å². The fourth-order valence-electron chi connectivity index (χ4n) is 2.00. The quantitative estimate of drug-likeness (QED) is 0.576. The second kappa shape index (κ2) is 4.21. The van der Waals surface area contributed by atoms with E-state index in [4.69, 9.17) is 4.74 Å². The summed E-state index contributed by atoms with van der Waals surface area (Å²) < 4.78 is 5.32. The molecule has 0 N–H and O–H groups in total. The summed E-state index contributed by atoms with van der Waals surface area (Å²) in [6.07, 6.45) is 4.16. The molecular formula is C9H18N2O. The van der Waals surface area contributed by atoms with Crippen molar-refractivity contribution in [2.75, 3.05) is 39.4 Å². The van der Waals surface area contributed by atoms with Crippen LogP contribution >= 0.6 is 0 Å². The van der Waals surface area contributed by atoms with Gasteiger partial charge in [-0.15, -0.1) is 0 Å². The second-order valence-electron chi connectivity index (χ2n) is 3.58. The first-order valence-electron chi connectivity index (χ1n) is 5.04. The van der Waals surface area contributed by atoms with Crippen LogP contribution in [-0.2, 0) is 4.74 Å². The zero-order valence-corrected chi connectivity index (χ0v) is 7.67. The third kappa shape index (κ3) is 1.97. The van der Waals surface area contributed by atoms with Gasteiger partial charge < -0.3 is 4.74 Å². The Balaban J connectivity index is 1.80. The highest BCUT2D eigenvalue weighted by molar-refractivity contribution is 4.66. The van der Waals surface area contributed by atoms with E-state index in [0.717, 1.165) is 26.3 Å². The van der Waals surface area contributed by atoms with Crippen molar-refractivity contribution in [1.82, 2.24) is 10.0 Å². The number of hydrazine groups is 1. The lowest BCUT2D eigenvalue weighted by Gasteiger charge is -2.39. The van der Waals surface area contributed by atoms with Crippen LogP contribution < -0.4 is 0 Å². The van der Waals surface area contributed by atoms with Crippen LogP contribution in [0.15, 0.2) is 0 Å². The Morgan fingerprint density at radius 3 is 1.92 bits per heavy atom. The molecule has 0 atom stereocenters. The fourth-order valence-corrected chi connectivity index (χ4v) is 2.00. The number of hydrogen-bond acceptors (Lipinski definition) is 3. The number of hydrogen-bond donors (Lipinski definition) is 0. The number of ether oxygens (including phenoxy) is 1. The van der Waals surface area contributed by atoms with E-state index < -0.39 is 0 Å². The summed E-state index contributed by atoms with van der Waals surface area (Å²) in [6.45, 7) is 6.55. The number of piperidine rings is 1. The van der Waals surface area contributed by atoms with E-state index in [9.17, 15) is 0 Å². The molecule has 2 aliphatic rings. The molecule has 0 unspecified atom stereocenters. The molecule has 0 aliphatic carbocycles. The van der Waals surface area contributed by atoms with Crippen molar-refractivity contribution in [2.45, 2.75) is 19.3 Å². The summed E-state index contributed by atoms with van der Waals surface area (Å²) in [4.78, 5) is 0. The highest BCUT2D eigenvalue weighted by atomic mass is 16.5. The average molecular weight is 170 g/mol. The molecule has 2 saturated heterocycles. The van der Waals surface area contributed by atoms with Crippen molar-refractivity contribution in [3.8, 4) is 0 Å². The summed E-state index contributed by atoms with van der Waals surface area (Å²) >= 11 is 0. The first kappa shape index (κ1) is 8.48. The molecule has 2 heterocycles. The van der Waals surface area contributed by atoms with Crippen LogP contribution in [0, 0.1) is 0 Å². The van der Waals surface area contributed by atoms with E-state index in [1.807, 2.05) is 0 Å². The zero-order valence-electron chi connectivity index (χ0n) is 7.67. The molecule has 0 amide bonds. The zero-order chi connectivity index (χ0) is 8.23. The van der Waals surface area contributed by atoms with E-state index in [1.165, 1.54) is 32.4 Å². The van der Waals surface area contributed by atoms with Gasteiger partial charge in [0.2, 0.25) is 0 Å². The topological polar surface area (TPSA) is 15.7 Å². The maximum absolute atomic E-state index is 5.32. The Labute approximate surface area is 74.3 Å². The third-order valence-electron chi connectivity index (χ3n) is 2.72. The summed E-state index contributed by atoms with van der Waals surface area (Å²) in [5.41, 5.74) is 0. The first-order chi connectivity index (χ1) is 5.97. The van der Waals surface area contributed by atoms with Crippen molar-refractivity contribution >= 4 is 0 Å². The van der Waals surface area contributed by atoms with Gasteiger partial charge in [0.25, 0.3) is 0 Å². The van der Waals surface area contributed by atoms with Crippen LogP contribution in [-0.4, -0.2) is 49.4 Å². The first-order valence-corrected chi connectivity index (χ1v) is 5.04. The van der Waals surface area contributed by atoms with Crippen LogP contribution in [0.4, 0.5) is 0 Å². The largest absolute Gasteiger partial charge is 0.379 e. The Bertz CT molecular complexity index is 112. The summed E-state index contributed by atoms with van der Waals surface area (Å²) in [5.74, 6) is 0. The number of nitrogens with zero attached hydrogens (tertiary/aromatic N) is 2. The predicted octanol–water partition coefficient (Wildman–Crippen LogP) is 0.720. The third-order valence-corrected chi connectivity index (χ3v) is 2.72. The minimum Gasteiger partial charge on any atom is -0.379 e. The van der Waals surface area contributed by atoms with E-state index in [1.54, 1.807) is 0 Å². The smallest absolute Gasteiger partial charge is 0.0608 e. The minimum absolute atomic E-state index is 0.913. The van der Waals surface area contributed by atoms with Crippen molar-refractivity contribution < 1.29 is 4.74 Å². The summed E-state index contributed by atoms with van der Waals surface area (Å²) in [6, 6.07) is 0. The Hall–Kier alpha value is -0.120. The monoisotopic (exact) mass is 170 g/mol. The fraction of sp³-hybridized carbons (Fsp3) is 1.00. The van der Waals surface area contributed by atoms with Crippen molar-refractivity contribution in [2.24, 2.45) is 0 Å². The molecule has 0 aromatic rings. The molecular weight excluding hydrogens is 152 g/mol. The van der Waals surface area contributed by atoms with E-state index >= 15 is 0 Å². The van der Waals surface area contributed by atoms with Crippen LogP contribution in [0.3, 0.4) is 0 Å². The molecule has 0 aromatic carbocycles. The van der Waals surface area contributed by atoms with Gasteiger partial charge in [0.05, 0.1) is 13.2 Å². The lowest BCUT2D eigenvalue weighted by atomic mass is 10.2. The molecule has 2 fully saturated rings. The van der Waals surface area contributed by atoms with E-state index in [2.05, 4.69) is 10.0 Å². The molecule has 0 bridgehead atoms. The minimum atomic E-state index is 0.913. The molecule has 0 spiro atoms. The molecule has 3 heteroatoms. The summed E-state index contributed by atoms with van der Waals surface area (Å²) in [7, 11) is 0. The molecule has 70 valence electrons. The van der Waals surface area contributed by atoms with Crippen LogP contribution in [0.25, 0.3) is 0 Å². The molecule has 2 aliphatic heterocycles. The van der Waals surface area contributed by atoms with Gasteiger partial charge in [0, 0.05) is 26.2 Å². The van der Waals surface area contributed by atoms with Crippen LogP contribution in [0.5, 0.6) is 0 Å². The normalized spacial score (nSPS) is 29.0. The van der Waals surface area contributed by atoms with Crippen LogP contribution in [0.1, 0.15) is 19.3 Å². The molecule has 2 rings (SSSR count). The Morgan fingerprint density at radius 1 is 0.667 bits per heavy atom. The Morgan fingerprint density at radius 2 is 1.25 bits per heavy atom. The maximum Gasteiger partial charge on any atom is 0.0608 e. The number of rotatable bonds is 1. The molecule has 0 aromatic heterocycles. The van der Waals surface area contributed by atoms with Crippen molar-refractivity contribution in [3.63, 3.8) is 0 Å². The number of morpholine rings is 1. The lowest BCUT2D eigenvalue weighted by Crippen LogP contribution is -2.50. The van der Waals surface area contributed by atoms with E-state index in [-0.39, 0.29) is 0 Å². The van der Waals surface area contributed by atoms with Gasteiger partial charge in [-0.2, -0.15) is 0 Å². The highest BCUT2D eigenvalue weighted by Crippen LogP contribution is 2.12. The van der Waals surface area contributed by atoms with Crippen molar-refractivity contribution in [1.29, 1.82) is 0 Å². The van der Waals surface area contributed by atoms with Gasteiger partial charge in [0.15, 0.2) is 0 Å². The van der Waals surface area contributed by atoms with Crippen LogP contribution in [0.2, 0.25) is 0 Å². The standard InChI is InChI=1S/C9H18N2O/c1-2-4-10(5-3-1)11-6-8-12-9-7-11/h1-9H2. The SMILES string of the molecule is C1CCN(N2CCOCC2)CC1. The molecule has 0 radical (unpaired) electrons. The van der Waals surface area contributed by atoms with Gasteiger partial charge in [-0.1, -0.05) is 6.42 Å². The van der Waals surface area contributed by atoms with E-state index in [0.29, 0.717) is 0 Å². The van der Waals surface area contributed by atoms with Crippen molar-refractivity contribution in [3.05, 3.63) is 0 Å². The molecule has 3 nitrogen and oxygen atoms in total. The maximum atomic E-state index is 5.32. The predicted molar refractivity (Wildman–Crippen MR) is 47.8 cm³/mol. The lowest BCUT2D eigenvalue weighted by molar-refractivity contribution is -0.0978. The average Bonchev–Trinajstić information content (AvgIpc) is 2.21. The molecule has 0 saturated carbocycles. The second-order valence-corrected chi connectivity index (χ2v) is 3.58. The summed E-state index contributed by atoms with van der Waals surface area (Å²) in [5, 5.41) is 4.97. The molecule has 12 heavy (non-hydrogen) atoms. The Kier molecular flexibility index (Phi) is 2.98. The van der Waals surface area contributed by atoms with Gasteiger partial charge in [-0.25, -0.2) is 10.0 Å².